The fourth-order valence-electron chi connectivity index (χ4n) is 2.36. The van der Waals surface area contributed by atoms with Crippen LogP contribution in [0.4, 0.5) is 0 Å². The summed E-state index contributed by atoms with van der Waals surface area (Å²) in [5, 5.41) is 8.08. The average molecular weight is 227 g/mol. The summed E-state index contributed by atoms with van der Waals surface area (Å²) in [6.45, 7) is 0. The first kappa shape index (κ1) is 10.2. The summed E-state index contributed by atoms with van der Waals surface area (Å²) in [6, 6.07) is 9.91. The minimum atomic E-state index is 0.276. The first-order valence-corrected chi connectivity index (χ1v) is 5.82. The van der Waals surface area contributed by atoms with Crippen LogP contribution in [0, 0.1) is 0 Å². The summed E-state index contributed by atoms with van der Waals surface area (Å²) >= 11 is 0. The molecule has 3 rings (SSSR count). The first-order valence-electron chi connectivity index (χ1n) is 5.82. The van der Waals surface area contributed by atoms with Crippen LogP contribution in [0.1, 0.15) is 30.9 Å². The van der Waals surface area contributed by atoms with Crippen molar-refractivity contribution < 1.29 is 4.79 Å². The van der Waals surface area contributed by atoms with Gasteiger partial charge >= 0.3 is 0 Å². The fourth-order valence-corrected chi connectivity index (χ4v) is 2.36. The van der Waals surface area contributed by atoms with Gasteiger partial charge in [-0.1, -0.05) is 23.4 Å². The van der Waals surface area contributed by atoms with Crippen molar-refractivity contribution in [1.29, 1.82) is 0 Å². The average Bonchev–Trinajstić information content (AvgIpc) is 2.98. The molecule has 0 bridgehead atoms. The molecule has 1 aliphatic carbocycles. The van der Waals surface area contributed by atoms with E-state index in [-0.39, 0.29) is 5.92 Å². The van der Waals surface area contributed by atoms with Crippen LogP contribution in [-0.4, -0.2) is 20.8 Å². The molecule has 1 atom stereocenters. The number of nitrogens with zero attached hydrogens (tertiary/aromatic N) is 3. The van der Waals surface area contributed by atoms with Crippen molar-refractivity contribution in [1.82, 2.24) is 15.0 Å². The Kier molecular flexibility index (Phi) is 2.48. The molecule has 0 amide bonds. The molecule has 1 aliphatic rings. The van der Waals surface area contributed by atoms with Crippen molar-refractivity contribution in [3.8, 4) is 5.69 Å². The number of Topliss-reactive ketones (excluding diaryl/α,β-unsaturated/α-hetero) is 1. The van der Waals surface area contributed by atoms with Gasteiger partial charge < -0.3 is 0 Å². The SMILES string of the molecule is O=C1CCC(c2cnnn2-c2ccccc2)C1. The number of rotatable bonds is 2. The van der Waals surface area contributed by atoms with Gasteiger partial charge in [-0.05, 0) is 18.6 Å². The van der Waals surface area contributed by atoms with Gasteiger partial charge in [0.15, 0.2) is 0 Å². The number of para-hydroxylation sites is 1. The molecule has 1 heterocycles. The molecule has 2 aromatic rings. The van der Waals surface area contributed by atoms with Crippen LogP contribution >= 0.6 is 0 Å². The maximum absolute atomic E-state index is 11.3. The van der Waals surface area contributed by atoms with E-state index in [0.717, 1.165) is 17.8 Å². The predicted molar refractivity (Wildman–Crippen MR) is 63.0 cm³/mol. The molecule has 4 heteroatoms. The maximum atomic E-state index is 11.3. The Morgan fingerprint density at radius 2 is 2.06 bits per heavy atom. The summed E-state index contributed by atoms with van der Waals surface area (Å²) in [5.74, 6) is 0.619. The van der Waals surface area contributed by atoms with Gasteiger partial charge in [0.25, 0.3) is 0 Å². The van der Waals surface area contributed by atoms with Gasteiger partial charge in [-0.3, -0.25) is 4.79 Å². The summed E-state index contributed by atoms with van der Waals surface area (Å²) in [5.41, 5.74) is 2.04. The Morgan fingerprint density at radius 3 is 2.76 bits per heavy atom. The number of carbonyl (C=O) groups is 1. The largest absolute Gasteiger partial charge is 0.300 e. The van der Waals surface area contributed by atoms with E-state index in [1.165, 1.54) is 0 Å². The second kappa shape index (κ2) is 4.13. The highest BCUT2D eigenvalue weighted by Crippen LogP contribution is 2.32. The van der Waals surface area contributed by atoms with Crippen LogP contribution in [0.3, 0.4) is 0 Å². The second-order valence-corrected chi connectivity index (χ2v) is 4.38. The number of benzene rings is 1. The molecule has 1 unspecified atom stereocenters. The lowest BCUT2D eigenvalue weighted by Crippen LogP contribution is -2.05. The Hall–Kier alpha value is -1.97. The zero-order valence-electron chi connectivity index (χ0n) is 9.41. The molecule has 0 radical (unpaired) electrons. The van der Waals surface area contributed by atoms with Gasteiger partial charge in [0.05, 0.1) is 17.6 Å². The normalized spacial score (nSPS) is 19.8. The fraction of sp³-hybridized carbons (Fsp3) is 0.308. The highest BCUT2D eigenvalue weighted by molar-refractivity contribution is 5.81. The lowest BCUT2D eigenvalue weighted by molar-refractivity contribution is -0.117. The van der Waals surface area contributed by atoms with E-state index in [4.69, 9.17) is 0 Å². The number of ketones is 1. The minimum Gasteiger partial charge on any atom is -0.300 e. The molecule has 1 aromatic carbocycles. The second-order valence-electron chi connectivity index (χ2n) is 4.38. The van der Waals surface area contributed by atoms with E-state index in [2.05, 4.69) is 10.3 Å². The van der Waals surface area contributed by atoms with Crippen molar-refractivity contribution in [2.75, 3.05) is 0 Å². The Morgan fingerprint density at radius 1 is 1.24 bits per heavy atom. The van der Waals surface area contributed by atoms with Crippen molar-refractivity contribution >= 4 is 5.78 Å². The van der Waals surface area contributed by atoms with Gasteiger partial charge in [0.2, 0.25) is 0 Å². The zero-order chi connectivity index (χ0) is 11.7. The molecule has 17 heavy (non-hydrogen) atoms. The molecule has 0 N–H and O–H groups in total. The molecule has 1 fully saturated rings. The monoisotopic (exact) mass is 227 g/mol. The molecular weight excluding hydrogens is 214 g/mol. The van der Waals surface area contributed by atoms with E-state index < -0.39 is 0 Å². The van der Waals surface area contributed by atoms with Gasteiger partial charge in [-0.2, -0.15) is 0 Å². The van der Waals surface area contributed by atoms with Crippen molar-refractivity contribution in [3.05, 3.63) is 42.2 Å². The highest BCUT2D eigenvalue weighted by Gasteiger charge is 2.26. The summed E-state index contributed by atoms with van der Waals surface area (Å²) < 4.78 is 1.84. The van der Waals surface area contributed by atoms with Crippen LogP contribution in [0.2, 0.25) is 0 Å². The van der Waals surface area contributed by atoms with Crippen LogP contribution in [-0.2, 0) is 4.79 Å². The van der Waals surface area contributed by atoms with Gasteiger partial charge in [0, 0.05) is 18.8 Å². The van der Waals surface area contributed by atoms with Crippen LogP contribution < -0.4 is 0 Å². The zero-order valence-corrected chi connectivity index (χ0v) is 9.41. The molecular formula is C13H13N3O. The molecule has 1 aromatic heterocycles. The van der Waals surface area contributed by atoms with Crippen LogP contribution in [0.15, 0.2) is 36.5 Å². The van der Waals surface area contributed by atoms with Crippen molar-refractivity contribution in [2.45, 2.75) is 25.2 Å². The van der Waals surface area contributed by atoms with Crippen molar-refractivity contribution in [3.63, 3.8) is 0 Å². The topological polar surface area (TPSA) is 47.8 Å². The third kappa shape index (κ3) is 1.86. The lowest BCUT2D eigenvalue weighted by atomic mass is 10.0. The Labute approximate surface area is 99.3 Å². The first-order chi connectivity index (χ1) is 8.34. The molecule has 1 saturated carbocycles. The quantitative estimate of drug-likeness (QED) is 0.789. The maximum Gasteiger partial charge on any atom is 0.133 e. The molecule has 0 spiro atoms. The predicted octanol–water partition coefficient (Wildman–Crippen LogP) is 2.10. The van der Waals surface area contributed by atoms with Crippen molar-refractivity contribution in [2.24, 2.45) is 0 Å². The third-order valence-corrected chi connectivity index (χ3v) is 3.24. The van der Waals surface area contributed by atoms with Gasteiger partial charge in [0.1, 0.15) is 5.78 Å². The molecule has 0 aliphatic heterocycles. The highest BCUT2D eigenvalue weighted by atomic mass is 16.1. The molecule has 0 saturated heterocycles. The van der Waals surface area contributed by atoms with Gasteiger partial charge in [-0.15, -0.1) is 5.10 Å². The number of carbonyl (C=O) groups excluding carboxylic acids is 1. The molecule has 4 nitrogen and oxygen atoms in total. The van der Waals surface area contributed by atoms with E-state index in [1.807, 2.05) is 35.0 Å². The molecule has 86 valence electrons. The third-order valence-electron chi connectivity index (χ3n) is 3.24. The van der Waals surface area contributed by atoms with Crippen LogP contribution in [0.5, 0.6) is 0 Å². The standard InChI is InChI=1S/C13H13N3O/c17-12-7-6-10(8-12)13-9-14-15-16(13)11-4-2-1-3-5-11/h1-5,9-10H,6-8H2. The minimum absolute atomic E-state index is 0.276. The number of hydrogen-bond donors (Lipinski definition) is 0. The van der Waals surface area contributed by atoms with Crippen LogP contribution in [0.25, 0.3) is 5.69 Å². The van der Waals surface area contributed by atoms with E-state index >= 15 is 0 Å². The number of aromatic nitrogens is 3. The summed E-state index contributed by atoms with van der Waals surface area (Å²) in [6.07, 6.45) is 4.00. The lowest BCUT2D eigenvalue weighted by Gasteiger charge is -2.10. The smallest absolute Gasteiger partial charge is 0.133 e. The number of hydrogen-bond acceptors (Lipinski definition) is 3. The summed E-state index contributed by atoms with van der Waals surface area (Å²) in [7, 11) is 0. The van der Waals surface area contributed by atoms with E-state index in [9.17, 15) is 4.79 Å². The van der Waals surface area contributed by atoms with Gasteiger partial charge in [-0.25, -0.2) is 4.68 Å². The Bertz CT molecular complexity index is 533. The van der Waals surface area contributed by atoms with E-state index in [1.54, 1.807) is 6.20 Å². The Balaban J connectivity index is 1.97. The van der Waals surface area contributed by atoms with E-state index in [0.29, 0.717) is 18.6 Å². The summed E-state index contributed by atoms with van der Waals surface area (Å²) in [4.78, 5) is 11.3.